The maximum absolute atomic E-state index is 4.81. The van der Waals surface area contributed by atoms with Crippen molar-refractivity contribution in [3.8, 4) is 0 Å². The zero-order chi connectivity index (χ0) is 17.4. The first kappa shape index (κ1) is 16.5. The van der Waals surface area contributed by atoms with Crippen LogP contribution in [0, 0.1) is 0 Å². The molecule has 0 N–H and O–H groups in total. The summed E-state index contributed by atoms with van der Waals surface area (Å²) in [7, 11) is 0. The molecule has 4 rings (SSSR count). The van der Waals surface area contributed by atoms with E-state index in [4.69, 9.17) is 4.98 Å². The van der Waals surface area contributed by atoms with E-state index in [1.54, 1.807) is 11.8 Å². The number of halogens is 1. The molecular formula is C19H17BrN4S. The van der Waals surface area contributed by atoms with Crippen LogP contribution in [0.15, 0.2) is 58.2 Å². The molecule has 4 nitrogen and oxygen atoms in total. The molecule has 0 aliphatic carbocycles. The van der Waals surface area contributed by atoms with Crippen LogP contribution in [-0.4, -0.2) is 19.7 Å². The van der Waals surface area contributed by atoms with Gasteiger partial charge in [0.15, 0.2) is 5.65 Å². The van der Waals surface area contributed by atoms with Crippen molar-refractivity contribution < 1.29 is 0 Å². The highest BCUT2D eigenvalue weighted by Crippen LogP contribution is 2.30. The van der Waals surface area contributed by atoms with Gasteiger partial charge in [-0.3, -0.25) is 0 Å². The lowest BCUT2D eigenvalue weighted by Crippen LogP contribution is -2.03. The van der Waals surface area contributed by atoms with Crippen molar-refractivity contribution >= 4 is 49.8 Å². The van der Waals surface area contributed by atoms with Crippen molar-refractivity contribution in [1.82, 2.24) is 19.7 Å². The molecule has 2 aromatic carbocycles. The van der Waals surface area contributed by atoms with Crippen LogP contribution in [0.3, 0.4) is 0 Å². The number of para-hydroxylation sites is 1. The highest BCUT2D eigenvalue weighted by atomic mass is 79.9. The van der Waals surface area contributed by atoms with Gasteiger partial charge < -0.3 is 4.57 Å². The molecule has 0 bridgehead atoms. The number of benzene rings is 2. The van der Waals surface area contributed by atoms with Gasteiger partial charge in [0, 0.05) is 21.7 Å². The third-order valence-electron chi connectivity index (χ3n) is 4.07. The maximum atomic E-state index is 4.81. The van der Waals surface area contributed by atoms with Crippen LogP contribution in [0.5, 0.6) is 0 Å². The molecular weight excluding hydrogens is 396 g/mol. The quantitative estimate of drug-likeness (QED) is 0.408. The molecule has 0 saturated heterocycles. The summed E-state index contributed by atoms with van der Waals surface area (Å²) in [6.45, 7) is 4.34. The Bertz CT molecular complexity index is 1060. The van der Waals surface area contributed by atoms with Crippen LogP contribution in [0.4, 0.5) is 0 Å². The van der Waals surface area contributed by atoms with E-state index in [1.807, 2.05) is 18.2 Å². The normalized spacial score (nSPS) is 11.7. The molecule has 4 aromatic rings. The fourth-order valence-corrected chi connectivity index (χ4v) is 4.17. The summed E-state index contributed by atoms with van der Waals surface area (Å²) in [6, 6.07) is 16.9. The van der Waals surface area contributed by atoms with Gasteiger partial charge in [-0.1, -0.05) is 58.0 Å². The van der Waals surface area contributed by atoms with E-state index in [1.165, 1.54) is 5.56 Å². The Hall–Kier alpha value is -1.92. The highest BCUT2D eigenvalue weighted by Gasteiger charge is 2.16. The number of nitrogens with zero attached hydrogens (tertiary/aromatic N) is 4. The van der Waals surface area contributed by atoms with Crippen LogP contribution in [0.1, 0.15) is 25.5 Å². The van der Waals surface area contributed by atoms with Gasteiger partial charge in [0.1, 0.15) is 5.52 Å². The van der Waals surface area contributed by atoms with Crippen molar-refractivity contribution in [2.75, 3.05) is 0 Å². The molecule has 0 saturated carbocycles. The standard InChI is InChI=1S/C19H17BrN4S/c1-12(2)24-16-9-4-3-8-15(16)17-18(24)21-19(23-22-17)25-11-13-6-5-7-14(20)10-13/h3-10,12H,11H2,1-2H3. The zero-order valence-electron chi connectivity index (χ0n) is 14.0. The molecule has 2 heterocycles. The lowest BCUT2D eigenvalue weighted by Gasteiger charge is -2.10. The first-order valence-corrected chi connectivity index (χ1v) is 9.92. The molecule has 0 aliphatic rings. The smallest absolute Gasteiger partial charge is 0.211 e. The summed E-state index contributed by atoms with van der Waals surface area (Å²) in [5.74, 6) is 0.814. The lowest BCUT2D eigenvalue weighted by atomic mass is 10.2. The molecule has 2 aromatic heterocycles. The first-order valence-electron chi connectivity index (χ1n) is 8.14. The van der Waals surface area contributed by atoms with Gasteiger partial charge >= 0.3 is 0 Å². The second kappa shape index (κ2) is 6.77. The van der Waals surface area contributed by atoms with Crippen LogP contribution < -0.4 is 0 Å². The van der Waals surface area contributed by atoms with E-state index in [0.717, 1.165) is 32.3 Å². The monoisotopic (exact) mass is 412 g/mol. The van der Waals surface area contributed by atoms with Gasteiger partial charge in [-0.15, -0.1) is 10.2 Å². The molecule has 0 fully saturated rings. The van der Waals surface area contributed by atoms with Gasteiger partial charge in [0.2, 0.25) is 5.16 Å². The van der Waals surface area contributed by atoms with Crippen molar-refractivity contribution in [3.05, 3.63) is 58.6 Å². The van der Waals surface area contributed by atoms with Gasteiger partial charge in [-0.25, -0.2) is 4.98 Å². The molecule has 0 aliphatic heterocycles. The SMILES string of the molecule is CC(C)n1c2ccccc2c2nnc(SCc3cccc(Br)c3)nc21. The number of hydrogen-bond acceptors (Lipinski definition) is 4. The van der Waals surface area contributed by atoms with E-state index in [2.05, 4.69) is 74.9 Å². The zero-order valence-corrected chi connectivity index (χ0v) is 16.4. The first-order chi connectivity index (χ1) is 12.1. The fraction of sp³-hybridized carbons (Fsp3) is 0.211. The molecule has 0 unspecified atom stereocenters. The van der Waals surface area contributed by atoms with Crippen molar-refractivity contribution in [3.63, 3.8) is 0 Å². The number of rotatable bonds is 4. The topological polar surface area (TPSA) is 43.6 Å². The number of hydrogen-bond donors (Lipinski definition) is 0. The molecule has 6 heteroatoms. The van der Waals surface area contributed by atoms with Crippen LogP contribution in [0.2, 0.25) is 0 Å². The Kier molecular flexibility index (Phi) is 4.48. The van der Waals surface area contributed by atoms with Gasteiger partial charge in [0.05, 0.1) is 5.52 Å². The van der Waals surface area contributed by atoms with Crippen molar-refractivity contribution in [2.24, 2.45) is 0 Å². The lowest BCUT2D eigenvalue weighted by molar-refractivity contribution is 0.632. The largest absolute Gasteiger partial charge is 0.321 e. The predicted molar refractivity (Wildman–Crippen MR) is 107 cm³/mol. The second-order valence-corrected chi connectivity index (χ2v) is 8.02. The average molecular weight is 413 g/mol. The minimum absolute atomic E-state index is 0.307. The molecule has 25 heavy (non-hydrogen) atoms. The van der Waals surface area contributed by atoms with E-state index >= 15 is 0 Å². The summed E-state index contributed by atoms with van der Waals surface area (Å²) in [5.41, 5.74) is 4.16. The van der Waals surface area contributed by atoms with Crippen LogP contribution in [0.25, 0.3) is 22.1 Å². The summed E-state index contributed by atoms with van der Waals surface area (Å²) in [5, 5.41) is 10.6. The number of aromatic nitrogens is 4. The average Bonchev–Trinajstić information content (AvgIpc) is 2.94. The van der Waals surface area contributed by atoms with Crippen LogP contribution >= 0.6 is 27.7 Å². The van der Waals surface area contributed by atoms with Crippen LogP contribution in [-0.2, 0) is 5.75 Å². The summed E-state index contributed by atoms with van der Waals surface area (Å²) in [6.07, 6.45) is 0. The summed E-state index contributed by atoms with van der Waals surface area (Å²) in [4.78, 5) is 4.81. The van der Waals surface area contributed by atoms with E-state index in [9.17, 15) is 0 Å². The summed E-state index contributed by atoms with van der Waals surface area (Å²) < 4.78 is 3.32. The van der Waals surface area contributed by atoms with E-state index in [-0.39, 0.29) is 0 Å². The molecule has 0 radical (unpaired) electrons. The number of thioether (sulfide) groups is 1. The second-order valence-electron chi connectivity index (χ2n) is 6.17. The van der Waals surface area contributed by atoms with Gasteiger partial charge in [0.25, 0.3) is 0 Å². The Labute approximate surface area is 158 Å². The maximum Gasteiger partial charge on any atom is 0.211 e. The predicted octanol–water partition coefficient (Wildman–Crippen LogP) is 5.62. The van der Waals surface area contributed by atoms with Gasteiger partial charge in [-0.2, -0.15) is 0 Å². The van der Waals surface area contributed by atoms with Crippen molar-refractivity contribution in [2.45, 2.75) is 30.8 Å². The minimum Gasteiger partial charge on any atom is -0.321 e. The minimum atomic E-state index is 0.307. The molecule has 0 spiro atoms. The number of fused-ring (bicyclic) bond motifs is 3. The highest BCUT2D eigenvalue weighted by molar-refractivity contribution is 9.10. The third kappa shape index (κ3) is 3.16. The Morgan fingerprint density at radius 1 is 1.08 bits per heavy atom. The molecule has 0 amide bonds. The summed E-state index contributed by atoms with van der Waals surface area (Å²) >= 11 is 5.12. The Morgan fingerprint density at radius 2 is 1.92 bits per heavy atom. The van der Waals surface area contributed by atoms with Crippen molar-refractivity contribution in [1.29, 1.82) is 0 Å². The van der Waals surface area contributed by atoms with E-state index < -0.39 is 0 Å². The third-order valence-corrected chi connectivity index (χ3v) is 5.47. The molecule has 126 valence electrons. The van der Waals surface area contributed by atoms with E-state index in [0.29, 0.717) is 11.2 Å². The Balaban J connectivity index is 1.74. The molecule has 0 atom stereocenters. The van der Waals surface area contributed by atoms with Gasteiger partial charge in [-0.05, 0) is 37.6 Å². The Morgan fingerprint density at radius 3 is 2.72 bits per heavy atom. The fourth-order valence-electron chi connectivity index (χ4n) is 3.00.